The fourth-order valence-corrected chi connectivity index (χ4v) is 2.10. The Morgan fingerprint density at radius 2 is 1.27 bits per heavy atom. The van der Waals surface area contributed by atoms with Crippen LogP contribution < -0.4 is 9.47 Å². The topological polar surface area (TPSA) is 18.5 Å². The van der Waals surface area contributed by atoms with E-state index >= 15 is 0 Å². The second-order valence-corrected chi connectivity index (χ2v) is 5.10. The lowest BCUT2D eigenvalue weighted by Gasteiger charge is -2.13. The van der Waals surface area contributed by atoms with Gasteiger partial charge >= 0.3 is 0 Å². The Hall–Kier alpha value is -2.74. The molecule has 3 aromatic carbocycles. The predicted octanol–water partition coefficient (Wildman–Crippen LogP) is 5.69. The molecular formula is C20H17O2. The van der Waals surface area contributed by atoms with Crippen LogP contribution in [0.25, 0.3) is 0 Å². The Morgan fingerprint density at radius 3 is 1.86 bits per heavy atom. The van der Waals surface area contributed by atoms with E-state index in [2.05, 4.69) is 6.07 Å². The molecule has 0 aliphatic rings. The van der Waals surface area contributed by atoms with Crippen LogP contribution in [0.2, 0.25) is 0 Å². The van der Waals surface area contributed by atoms with Gasteiger partial charge in [0.1, 0.15) is 23.0 Å². The number of aryl methyl sites for hydroxylation is 1. The zero-order valence-electron chi connectivity index (χ0n) is 12.7. The average molecular weight is 289 g/mol. The highest BCUT2D eigenvalue weighted by Crippen LogP contribution is 2.32. The monoisotopic (exact) mass is 289 g/mol. The van der Waals surface area contributed by atoms with E-state index in [9.17, 15) is 0 Å². The van der Waals surface area contributed by atoms with Crippen LogP contribution in [0, 0.1) is 19.9 Å². The molecule has 2 heteroatoms. The van der Waals surface area contributed by atoms with Crippen molar-refractivity contribution in [1.82, 2.24) is 0 Å². The number of para-hydroxylation sites is 2. The van der Waals surface area contributed by atoms with Gasteiger partial charge in [-0.25, -0.2) is 0 Å². The Labute approximate surface area is 131 Å². The van der Waals surface area contributed by atoms with Crippen LogP contribution in [0.5, 0.6) is 23.0 Å². The van der Waals surface area contributed by atoms with E-state index in [1.54, 1.807) is 0 Å². The summed E-state index contributed by atoms with van der Waals surface area (Å²) in [7, 11) is 0. The second-order valence-electron chi connectivity index (χ2n) is 5.10. The highest BCUT2D eigenvalue weighted by Gasteiger charge is 2.09. The molecule has 3 rings (SSSR count). The van der Waals surface area contributed by atoms with Gasteiger partial charge in [0.15, 0.2) is 0 Å². The molecule has 0 saturated heterocycles. The van der Waals surface area contributed by atoms with E-state index < -0.39 is 0 Å². The van der Waals surface area contributed by atoms with E-state index in [4.69, 9.17) is 9.47 Å². The molecule has 0 N–H and O–H groups in total. The maximum Gasteiger partial charge on any atom is 0.142 e. The van der Waals surface area contributed by atoms with Gasteiger partial charge in [-0.05, 0) is 55.3 Å². The summed E-state index contributed by atoms with van der Waals surface area (Å²) in [6.45, 7) is 4.06. The van der Waals surface area contributed by atoms with Crippen LogP contribution in [-0.2, 0) is 0 Å². The number of rotatable bonds is 4. The van der Waals surface area contributed by atoms with Gasteiger partial charge in [-0.3, -0.25) is 0 Å². The van der Waals surface area contributed by atoms with Gasteiger partial charge in [0.25, 0.3) is 0 Å². The molecule has 22 heavy (non-hydrogen) atoms. The largest absolute Gasteiger partial charge is 0.457 e. The minimum atomic E-state index is 0.653. The van der Waals surface area contributed by atoms with Crippen molar-refractivity contribution in [3.05, 3.63) is 83.9 Å². The third kappa shape index (κ3) is 3.29. The second kappa shape index (κ2) is 6.35. The Balaban J connectivity index is 1.90. The van der Waals surface area contributed by atoms with Gasteiger partial charge in [0.2, 0.25) is 0 Å². The van der Waals surface area contributed by atoms with E-state index in [0.717, 1.165) is 22.6 Å². The third-order valence-corrected chi connectivity index (χ3v) is 3.45. The Bertz CT molecular complexity index is 749. The number of hydrogen-bond acceptors (Lipinski definition) is 2. The molecule has 0 atom stereocenters. The SMILES string of the molecule is Cc1cc(Oc2ccccc2)[c]c(Oc2ccccc2)c1C. The number of ether oxygens (including phenoxy) is 2. The van der Waals surface area contributed by atoms with Gasteiger partial charge in [0, 0.05) is 0 Å². The smallest absolute Gasteiger partial charge is 0.142 e. The van der Waals surface area contributed by atoms with Crippen molar-refractivity contribution in [2.75, 3.05) is 0 Å². The van der Waals surface area contributed by atoms with Crippen molar-refractivity contribution >= 4 is 0 Å². The van der Waals surface area contributed by atoms with Crippen LogP contribution in [0.4, 0.5) is 0 Å². The zero-order valence-corrected chi connectivity index (χ0v) is 12.7. The molecule has 0 amide bonds. The first-order chi connectivity index (χ1) is 10.7. The molecule has 1 radical (unpaired) electrons. The lowest BCUT2D eigenvalue weighted by atomic mass is 10.1. The van der Waals surface area contributed by atoms with Crippen molar-refractivity contribution in [3.8, 4) is 23.0 Å². The van der Waals surface area contributed by atoms with Gasteiger partial charge in [0.05, 0.1) is 6.07 Å². The highest BCUT2D eigenvalue weighted by atomic mass is 16.5. The summed E-state index contributed by atoms with van der Waals surface area (Å²) in [4.78, 5) is 0. The van der Waals surface area contributed by atoms with E-state index in [0.29, 0.717) is 11.5 Å². The van der Waals surface area contributed by atoms with Gasteiger partial charge in [-0.2, -0.15) is 0 Å². The lowest BCUT2D eigenvalue weighted by Crippen LogP contribution is -1.93. The van der Waals surface area contributed by atoms with Crippen LogP contribution in [0.1, 0.15) is 11.1 Å². The Kier molecular flexibility index (Phi) is 4.10. The minimum absolute atomic E-state index is 0.653. The fourth-order valence-electron chi connectivity index (χ4n) is 2.10. The molecule has 0 fully saturated rings. The lowest BCUT2D eigenvalue weighted by molar-refractivity contribution is 0.455. The summed E-state index contributed by atoms with van der Waals surface area (Å²) < 4.78 is 11.8. The maximum absolute atomic E-state index is 5.93. The van der Waals surface area contributed by atoms with E-state index in [1.165, 1.54) is 0 Å². The van der Waals surface area contributed by atoms with Crippen molar-refractivity contribution in [1.29, 1.82) is 0 Å². The van der Waals surface area contributed by atoms with Crippen LogP contribution in [0.3, 0.4) is 0 Å². The first kappa shape index (κ1) is 14.2. The molecule has 0 aromatic heterocycles. The summed E-state index contributed by atoms with van der Waals surface area (Å²) in [5, 5.41) is 0. The van der Waals surface area contributed by atoms with Crippen LogP contribution in [-0.4, -0.2) is 0 Å². The molecule has 0 bridgehead atoms. The van der Waals surface area contributed by atoms with E-state index in [-0.39, 0.29) is 0 Å². The molecular weight excluding hydrogens is 272 g/mol. The summed E-state index contributed by atoms with van der Waals surface area (Å²) in [6, 6.07) is 24.6. The van der Waals surface area contributed by atoms with Gasteiger partial charge in [-0.15, -0.1) is 0 Å². The predicted molar refractivity (Wildman–Crippen MR) is 87.8 cm³/mol. The zero-order chi connectivity index (χ0) is 15.4. The molecule has 2 nitrogen and oxygen atoms in total. The van der Waals surface area contributed by atoms with Crippen molar-refractivity contribution in [3.63, 3.8) is 0 Å². The first-order valence-electron chi connectivity index (χ1n) is 7.22. The van der Waals surface area contributed by atoms with E-state index in [1.807, 2.05) is 80.6 Å². The standard InChI is InChI=1S/C20H17O2/c1-15-13-19(21-17-9-5-3-6-10-17)14-20(16(15)2)22-18-11-7-4-8-12-18/h3-13H,1-2H3. The summed E-state index contributed by atoms with van der Waals surface area (Å²) >= 11 is 0. The fraction of sp³-hybridized carbons (Fsp3) is 0.100. The average Bonchev–Trinajstić information content (AvgIpc) is 2.54. The number of hydrogen-bond donors (Lipinski definition) is 0. The highest BCUT2D eigenvalue weighted by molar-refractivity contribution is 5.47. The number of benzene rings is 3. The molecule has 109 valence electrons. The quantitative estimate of drug-likeness (QED) is 0.614. The molecule has 0 aliphatic carbocycles. The van der Waals surface area contributed by atoms with Crippen molar-refractivity contribution in [2.45, 2.75) is 13.8 Å². The van der Waals surface area contributed by atoms with Gasteiger partial charge in [-0.1, -0.05) is 36.4 Å². The molecule has 0 aliphatic heterocycles. The third-order valence-electron chi connectivity index (χ3n) is 3.45. The summed E-state index contributed by atoms with van der Waals surface area (Å²) in [5.74, 6) is 2.92. The molecule has 0 heterocycles. The van der Waals surface area contributed by atoms with Crippen molar-refractivity contribution in [2.24, 2.45) is 0 Å². The van der Waals surface area contributed by atoms with Gasteiger partial charge < -0.3 is 9.47 Å². The Morgan fingerprint density at radius 1 is 0.727 bits per heavy atom. The molecule has 0 unspecified atom stereocenters. The maximum atomic E-state index is 5.93. The minimum Gasteiger partial charge on any atom is -0.457 e. The molecule has 3 aromatic rings. The van der Waals surface area contributed by atoms with Crippen molar-refractivity contribution < 1.29 is 9.47 Å². The normalized spacial score (nSPS) is 10.3. The van der Waals surface area contributed by atoms with Crippen LogP contribution in [0.15, 0.2) is 66.7 Å². The first-order valence-corrected chi connectivity index (χ1v) is 7.22. The summed E-state index contributed by atoms with van der Waals surface area (Å²) in [5.41, 5.74) is 2.17. The molecule has 0 spiro atoms. The molecule has 0 saturated carbocycles. The summed E-state index contributed by atoms with van der Waals surface area (Å²) in [6.07, 6.45) is 0. The van der Waals surface area contributed by atoms with Crippen LogP contribution >= 0.6 is 0 Å².